The van der Waals surface area contributed by atoms with Gasteiger partial charge in [0, 0.05) is 0 Å². The highest BCUT2D eigenvalue weighted by molar-refractivity contribution is 5.14. The molecule has 21 heavy (non-hydrogen) atoms. The van der Waals surface area contributed by atoms with E-state index in [0.29, 0.717) is 0 Å². The third kappa shape index (κ3) is 4.59. The summed E-state index contributed by atoms with van der Waals surface area (Å²) in [5, 5.41) is 0. The highest BCUT2D eigenvalue weighted by Gasteiger charge is 2.22. The first kappa shape index (κ1) is 15.1. The van der Waals surface area contributed by atoms with Crippen molar-refractivity contribution in [1.29, 1.82) is 0 Å². The third-order valence-electron chi connectivity index (χ3n) is 5.74. The summed E-state index contributed by atoms with van der Waals surface area (Å²) in [4.78, 5) is 0. The van der Waals surface area contributed by atoms with E-state index >= 15 is 0 Å². The number of hydrogen-bond acceptors (Lipinski definition) is 0. The zero-order valence-corrected chi connectivity index (χ0v) is 13.6. The van der Waals surface area contributed by atoms with Crippen LogP contribution in [0, 0.1) is 17.8 Å². The van der Waals surface area contributed by atoms with E-state index in [1.54, 1.807) is 0 Å². The second-order valence-electron chi connectivity index (χ2n) is 7.44. The van der Waals surface area contributed by atoms with Gasteiger partial charge in [-0.25, -0.2) is 0 Å². The molecule has 0 aromatic rings. The molecule has 3 aliphatic carbocycles. The Morgan fingerprint density at radius 2 is 1.76 bits per heavy atom. The topological polar surface area (TPSA) is 0 Å². The first-order valence-electron chi connectivity index (χ1n) is 9.44. The Balaban J connectivity index is 1.69. The van der Waals surface area contributed by atoms with Gasteiger partial charge in [0.1, 0.15) is 0 Å². The summed E-state index contributed by atoms with van der Waals surface area (Å²) in [6, 6.07) is 0. The van der Waals surface area contributed by atoms with Gasteiger partial charge in [0.15, 0.2) is 0 Å². The van der Waals surface area contributed by atoms with Crippen molar-refractivity contribution >= 4 is 0 Å². The molecular weight excluding hydrogens is 252 g/mol. The fourth-order valence-corrected chi connectivity index (χ4v) is 4.47. The fourth-order valence-electron chi connectivity index (χ4n) is 4.47. The Bertz CT molecular complexity index is 392. The van der Waals surface area contributed by atoms with Gasteiger partial charge in [0.05, 0.1) is 0 Å². The smallest absolute Gasteiger partial charge is 0.0193 e. The van der Waals surface area contributed by atoms with E-state index in [9.17, 15) is 0 Å². The maximum absolute atomic E-state index is 2.72. The number of hydrogen-bond donors (Lipinski definition) is 0. The van der Waals surface area contributed by atoms with Crippen molar-refractivity contribution in [3.05, 3.63) is 36.0 Å². The molecule has 2 atom stereocenters. The molecule has 0 N–H and O–H groups in total. The van der Waals surface area contributed by atoms with E-state index in [2.05, 4.69) is 30.4 Å². The second kappa shape index (κ2) is 8.01. The van der Waals surface area contributed by atoms with Crippen LogP contribution in [0.3, 0.4) is 0 Å². The van der Waals surface area contributed by atoms with Gasteiger partial charge in [-0.15, -0.1) is 0 Å². The van der Waals surface area contributed by atoms with Crippen LogP contribution in [-0.4, -0.2) is 0 Å². The third-order valence-corrected chi connectivity index (χ3v) is 5.74. The van der Waals surface area contributed by atoms with Crippen LogP contribution < -0.4 is 0 Å². The highest BCUT2D eigenvalue weighted by atomic mass is 14.3. The van der Waals surface area contributed by atoms with E-state index in [4.69, 9.17) is 0 Å². The Kier molecular flexibility index (Phi) is 5.77. The van der Waals surface area contributed by atoms with Gasteiger partial charge in [0.2, 0.25) is 0 Å². The van der Waals surface area contributed by atoms with Crippen LogP contribution in [0.4, 0.5) is 0 Å². The lowest BCUT2D eigenvalue weighted by molar-refractivity contribution is 0.377. The fraction of sp³-hybridized carbons (Fsp3) is 0.714. The molecule has 0 heteroatoms. The van der Waals surface area contributed by atoms with Gasteiger partial charge >= 0.3 is 0 Å². The summed E-state index contributed by atoms with van der Waals surface area (Å²) in [6.45, 7) is 0. The summed E-state index contributed by atoms with van der Waals surface area (Å²) in [5.74, 6) is 2.59. The first-order chi connectivity index (χ1) is 10.4. The van der Waals surface area contributed by atoms with Crippen LogP contribution in [0.2, 0.25) is 0 Å². The molecule has 0 bridgehead atoms. The Labute approximate surface area is 131 Å². The van der Waals surface area contributed by atoms with Gasteiger partial charge in [-0.1, -0.05) is 55.2 Å². The molecule has 0 heterocycles. The summed E-state index contributed by atoms with van der Waals surface area (Å²) < 4.78 is 0. The minimum Gasteiger partial charge on any atom is -0.0885 e. The van der Waals surface area contributed by atoms with Crippen molar-refractivity contribution in [2.75, 3.05) is 0 Å². The van der Waals surface area contributed by atoms with E-state index in [0.717, 1.165) is 17.8 Å². The Morgan fingerprint density at radius 3 is 2.48 bits per heavy atom. The second-order valence-corrected chi connectivity index (χ2v) is 7.44. The van der Waals surface area contributed by atoms with Crippen LogP contribution in [-0.2, 0) is 0 Å². The SMILES string of the molecule is C1=CC(CC(=CC2CC=CCC2)C2CCCCC2)CCC1. The molecule has 3 aliphatic rings. The first-order valence-corrected chi connectivity index (χ1v) is 9.44. The van der Waals surface area contributed by atoms with Crippen molar-refractivity contribution in [3.63, 3.8) is 0 Å². The maximum atomic E-state index is 2.72. The van der Waals surface area contributed by atoms with Crippen molar-refractivity contribution in [2.45, 2.75) is 77.0 Å². The molecule has 116 valence electrons. The molecule has 0 aromatic carbocycles. The molecule has 1 saturated carbocycles. The van der Waals surface area contributed by atoms with Crippen LogP contribution in [0.25, 0.3) is 0 Å². The molecule has 0 nitrogen and oxygen atoms in total. The summed E-state index contributed by atoms with van der Waals surface area (Å²) in [7, 11) is 0. The van der Waals surface area contributed by atoms with Crippen molar-refractivity contribution in [2.24, 2.45) is 17.8 Å². The van der Waals surface area contributed by atoms with Gasteiger partial charge < -0.3 is 0 Å². The normalized spacial score (nSPS) is 31.5. The molecule has 3 rings (SSSR count). The molecule has 2 unspecified atom stereocenters. The lowest BCUT2D eigenvalue weighted by Crippen LogP contribution is -2.14. The van der Waals surface area contributed by atoms with Crippen LogP contribution in [0.1, 0.15) is 77.0 Å². The Hall–Kier alpha value is -0.780. The van der Waals surface area contributed by atoms with Gasteiger partial charge in [0.25, 0.3) is 0 Å². The van der Waals surface area contributed by atoms with E-state index in [1.165, 1.54) is 77.0 Å². The number of rotatable bonds is 4. The zero-order valence-electron chi connectivity index (χ0n) is 13.6. The molecule has 0 amide bonds. The lowest BCUT2D eigenvalue weighted by atomic mass is 9.77. The highest BCUT2D eigenvalue weighted by Crippen LogP contribution is 2.37. The molecule has 0 aliphatic heterocycles. The van der Waals surface area contributed by atoms with Gasteiger partial charge in [-0.05, 0) is 75.5 Å². The summed E-state index contributed by atoms with van der Waals surface area (Å²) >= 11 is 0. The van der Waals surface area contributed by atoms with Crippen LogP contribution in [0.5, 0.6) is 0 Å². The standard InChI is InChI=1S/C21H32/c1-4-10-18(11-5-1)16-21(20-14-8-3-9-15-20)17-19-12-6-2-7-13-19/h1,4,6,12,16,18-20H,2-3,5,7-11,13-15,17H2. The summed E-state index contributed by atoms with van der Waals surface area (Å²) in [6.07, 6.45) is 29.2. The average Bonchev–Trinajstić information content (AvgIpc) is 2.57. The van der Waals surface area contributed by atoms with E-state index in [1.807, 2.05) is 5.57 Å². The largest absolute Gasteiger partial charge is 0.0885 e. The predicted molar refractivity (Wildman–Crippen MR) is 92.2 cm³/mol. The van der Waals surface area contributed by atoms with Gasteiger partial charge in [-0.3, -0.25) is 0 Å². The predicted octanol–water partition coefficient (Wildman–Crippen LogP) is 6.60. The minimum atomic E-state index is 0.833. The number of allylic oxidation sites excluding steroid dienone is 6. The molecule has 0 aromatic heterocycles. The van der Waals surface area contributed by atoms with Crippen LogP contribution >= 0.6 is 0 Å². The minimum absolute atomic E-state index is 0.833. The van der Waals surface area contributed by atoms with E-state index in [-0.39, 0.29) is 0 Å². The maximum Gasteiger partial charge on any atom is -0.0193 e. The molecule has 0 radical (unpaired) electrons. The zero-order chi connectivity index (χ0) is 14.3. The van der Waals surface area contributed by atoms with Crippen molar-refractivity contribution in [3.8, 4) is 0 Å². The van der Waals surface area contributed by atoms with Gasteiger partial charge in [-0.2, -0.15) is 0 Å². The Morgan fingerprint density at radius 1 is 0.857 bits per heavy atom. The molecule has 1 fully saturated rings. The lowest BCUT2D eigenvalue weighted by Gasteiger charge is -2.29. The van der Waals surface area contributed by atoms with E-state index < -0.39 is 0 Å². The van der Waals surface area contributed by atoms with Crippen molar-refractivity contribution < 1.29 is 0 Å². The monoisotopic (exact) mass is 284 g/mol. The molecule has 0 saturated heterocycles. The summed E-state index contributed by atoms with van der Waals surface area (Å²) in [5.41, 5.74) is 1.84. The quantitative estimate of drug-likeness (QED) is 0.510. The molecule has 0 spiro atoms. The average molecular weight is 284 g/mol. The van der Waals surface area contributed by atoms with Crippen LogP contribution in [0.15, 0.2) is 36.0 Å². The van der Waals surface area contributed by atoms with Crippen molar-refractivity contribution in [1.82, 2.24) is 0 Å². The molecular formula is C21H32.